The number of hydrogen-bond acceptors (Lipinski definition) is 5. The van der Waals surface area contributed by atoms with Gasteiger partial charge in [-0.15, -0.1) is 0 Å². The van der Waals surface area contributed by atoms with Gasteiger partial charge >= 0.3 is 0 Å². The van der Waals surface area contributed by atoms with Crippen LogP contribution in [0.3, 0.4) is 0 Å². The fraction of sp³-hybridized carbons (Fsp3) is 0.0476. The molecule has 4 rings (SSSR count). The van der Waals surface area contributed by atoms with Gasteiger partial charge in [0.05, 0.1) is 5.69 Å². The van der Waals surface area contributed by atoms with Gasteiger partial charge in [-0.2, -0.15) is 0 Å². The summed E-state index contributed by atoms with van der Waals surface area (Å²) in [5.74, 6) is -0.248. The monoisotopic (exact) mass is 421 g/mol. The van der Waals surface area contributed by atoms with Gasteiger partial charge in [-0.25, -0.2) is 15.0 Å². The molecule has 0 fully saturated rings. The maximum atomic E-state index is 12.4. The molecule has 3 aromatic heterocycles. The molecule has 0 aliphatic heterocycles. The van der Waals surface area contributed by atoms with Crippen LogP contribution in [0.4, 0.5) is 5.69 Å². The van der Waals surface area contributed by atoms with Crippen LogP contribution >= 0.6 is 23.4 Å². The minimum atomic E-state index is -0.248. The number of aryl methyl sites for hydroxylation is 1. The molecule has 29 heavy (non-hydrogen) atoms. The number of halogens is 1. The summed E-state index contributed by atoms with van der Waals surface area (Å²) in [5.41, 5.74) is 3.07. The highest BCUT2D eigenvalue weighted by atomic mass is 35.5. The number of aromatic nitrogens is 4. The summed E-state index contributed by atoms with van der Waals surface area (Å²) in [4.78, 5) is 26.1. The van der Waals surface area contributed by atoms with Gasteiger partial charge in [-0.05, 0) is 66.7 Å². The molecule has 0 spiro atoms. The standard InChI is InChI=1S/C21H16ClN5OS/c1-14-13-15(29-21-23-10-4-11-24-21)6-7-16(14)25-19(28)9-8-17-20(22)26-18-5-2-3-12-27(17)18/h2-13H,1H3,(H,25,28)/b9-8+. The largest absolute Gasteiger partial charge is 0.322 e. The summed E-state index contributed by atoms with van der Waals surface area (Å²) in [7, 11) is 0. The Balaban J connectivity index is 1.46. The van der Waals surface area contributed by atoms with Crippen LogP contribution in [0.2, 0.25) is 5.15 Å². The first-order chi connectivity index (χ1) is 14.1. The maximum Gasteiger partial charge on any atom is 0.248 e. The van der Waals surface area contributed by atoms with E-state index < -0.39 is 0 Å². The second kappa shape index (κ2) is 8.46. The van der Waals surface area contributed by atoms with Gasteiger partial charge in [0.25, 0.3) is 0 Å². The first kappa shape index (κ1) is 19.2. The van der Waals surface area contributed by atoms with Gasteiger partial charge in [0.15, 0.2) is 10.3 Å². The normalized spacial score (nSPS) is 11.2. The molecule has 0 atom stereocenters. The van der Waals surface area contributed by atoms with E-state index in [1.54, 1.807) is 24.5 Å². The number of anilines is 1. The van der Waals surface area contributed by atoms with Crippen molar-refractivity contribution in [2.45, 2.75) is 17.0 Å². The highest BCUT2D eigenvalue weighted by Crippen LogP contribution is 2.28. The van der Waals surface area contributed by atoms with Crippen molar-refractivity contribution < 1.29 is 4.79 Å². The summed E-state index contributed by atoms with van der Waals surface area (Å²) >= 11 is 7.66. The SMILES string of the molecule is Cc1cc(Sc2ncccn2)ccc1NC(=O)/C=C/c1c(Cl)nc2ccccn12. The van der Waals surface area contributed by atoms with Crippen molar-refractivity contribution in [3.63, 3.8) is 0 Å². The molecule has 0 aliphatic carbocycles. The van der Waals surface area contributed by atoms with Crippen LogP contribution in [0.1, 0.15) is 11.3 Å². The fourth-order valence-corrected chi connectivity index (χ4v) is 3.80. The van der Waals surface area contributed by atoms with Crippen LogP contribution in [0.5, 0.6) is 0 Å². The molecule has 144 valence electrons. The molecule has 8 heteroatoms. The molecule has 1 aromatic carbocycles. The number of benzene rings is 1. The van der Waals surface area contributed by atoms with Crippen LogP contribution in [-0.2, 0) is 4.79 Å². The summed E-state index contributed by atoms with van der Waals surface area (Å²) in [5, 5.41) is 3.92. The molecule has 0 radical (unpaired) electrons. The first-order valence-electron chi connectivity index (χ1n) is 8.77. The number of pyridine rings is 1. The van der Waals surface area contributed by atoms with E-state index in [9.17, 15) is 4.79 Å². The lowest BCUT2D eigenvalue weighted by atomic mass is 10.2. The van der Waals surface area contributed by atoms with Gasteiger partial charge in [0.1, 0.15) is 5.65 Å². The zero-order valence-electron chi connectivity index (χ0n) is 15.4. The van der Waals surface area contributed by atoms with Crippen LogP contribution in [-0.4, -0.2) is 25.3 Å². The molecule has 6 nitrogen and oxygen atoms in total. The minimum Gasteiger partial charge on any atom is -0.322 e. The van der Waals surface area contributed by atoms with Crippen molar-refractivity contribution in [3.8, 4) is 0 Å². The zero-order chi connectivity index (χ0) is 20.2. The molecule has 4 aromatic rings. The Morgan fingerprint density at radius 1 is 1.17 bits per heavy atom. The minimum absolute atomic E-state index is 0.248. The second-order valence-electron chi connectivity index (χ2n) is 6.15. The van der Waals surface area contributed by atoms with Gasteiger partial charge in [0, 0.05) is 35.2 Å². The smallest absolute Gasteiger partial charge is 0.248 e. The lowest BCUT2D eigenvalue weighted by Gasteiger charge is -2.08. The maximum absolute atomic E-state index is 12.4. The molecule has 1 N–H and O–H groups in total. The molecular formula is C21H16ClN5OS. The first-order valence-corrected chi connectivity index (χ1v) is 9.97. The number of carbonyl (C=O) groups is 1. The highest BCUT2D eigenvalue weighted by Gasteiger charge is 2.09. The Labute approximate surface area is 176 Å². The third kappa shape index (κ3) is 4.47. The Bertz CT molecular complexity index is 1210. The lowest BCUT2D eigenvalue weighted by Crippen LogP contribution is -2.09. The lowest BCUT2D eigenvalue weighted by molar-refractivity contribution is -0.111. The molecule has 3 heterocycles. The van der Waals surface area contributed by atoms with Crippen LogP contribution in [0, 0.1) is 6.92 Å². The number of imidazole rings is 1. The number of hydrogen-bond donors (Lipinski definition) is 1. The average molecular weight is 422 g/mol. The number of carbonyl (C=O) groups excluding carboxylic acids is 1. The zero-order valence-corrected chi connectivity index (χ0v) is 17.0. The molecule has 1 amide bonds. The number of amides is 1. The molecule has 0 saturated heterocycles. The summed E-state index contributed by atoms with van der Waals surface area (Å²) < 4.78 is 1.83. The predicted molar refractivity (Wildman–Crippen MR) is 115 cm³/mol. The van der Waals surface area contributed by atoms with Crippen LogP contribution in [0.25, 0.3) is 11.7 Å². The Kier molecular flexibility index (Phi) is 5.59. The van der Waals surface area contributed by atoms with E-state index in [1.165, 1.54) is 17.8 Å². The Morgan fingerprint density at radius 2 is 2.00 bits per heavy atom. The topological polar surface area (TPSA) is 72.2 Å². The van der Waals surface area contributed by atoms with E-state index in [2.05, 4.69) is 20.3 Å². The van der Waals surface area contributed by atoms with E-state index in [0.29, 0.717) is 16.0 Å². The van der Waals surface area contributed by atoms with Gasteiger partial charge in [-0.3, -0.25) is 9.20 Å². The number of nitrogens with one attached hydrogen (secondary N) is 1. The summed E-state index contributed by atoms with van der Waals surface area (Å²) in [6, 6.07) is 13.2. The van der Waals surface area contributed by atoms with Gasteiger partial charge in [0.2, 0.25) is 5.91 Å². The summed E-state index contributed by atoms with van der Waals surface area (Å²) in [6.45, 7) is 1.94. The molecule has 0 saturated carbocycles. The average Bonchev–Trinajstić information content (AvgIpc) is 3.04. The van der Waals surface area contributed by atoms with Crippen molar-refractivity contribution in [3.05, 3.63) is 83.5 Å². The molecule has 0 aliphatic rings. The third-order valence-electron chi connectivity index (χ3n) is 4.12. The molecular weight excluding hydrogens is 406 g/mol. The van der Waals surface area contributed by atoms with Gasteiger partial charge < -0.3 is 5.32 Å². The van der Waals surface area contributed by atoms with E-state index in [-0.39, 0.29) is 5.91 Å². The van der Waals surface area contributed by atoms with Crippen molar-refractivity contribution in [1.82, 2.24) is 19.4 Å². The predicted octanol–water partition coefficient (Wildman–Crippen LogP) is 4.89. The number of nitrogens with zero attached hydrogens (tertiary/aromatic N) is 4. The van der Waals surface area contributed by atoms with Gasteiger partial charge in [-0.1, -0.05) is 17.7 Å². The second-order valence-corrected chi connectivity index (χ2v) is 7.55. The number of fused-ring (bicyclic) bond motifs is 1. The number of rotatable bonds is 5. The van der Waals surface area contributed by atoms with Crippen molar-refractivity contribution in [2.75, 3.05) is 5.32 Å². The summed E-state index contributed by atoms with van der Waals surface area (Å²) in [6.07, 6.45) is 8.37. The Morgan fingerprint density at radius 3 is 2.79 bits per heavy atom. The quantitative estimate of drug-likeness (QED) is 0.367. The fourth-order valence-electron chi connectivity index (χ4n) is 2.75. The van der Waals surface area contributed by atoms with E-state index >= 15 is 0 Å². The highest BCUT2D eigenvalue weighted by molar-refractivity contribution is 7.99. The molecule has 0 bridgehead atoms. The van der Waals surface area contributed by atoms with Crippen molar-refractivity contribution >= 4 is 46.7 Å². The van der Waals surface area contributed by atoms with Crippen molar-refractivity contribution in [1.29, 1.82) is 0 Å². The van der Waals surface area contributed by atoms with Crippen molar-refractivity contribution in [2.24, 2.45) is 0 Å². The van der Waals surface area contributed by atoms with E-state index in [0.717, 1.165) is 21.8 Å². The Hall–Kier alpha value is -3.16. The van der Waals surface area contributed by atoms with Crippen LogP contribution < -0.4 is 5.32 Å². The van der Waals surface area contributed by atoms with E-state index in [4.69, 9.17) is 11.6 Å². The molecule has 0 unspecified atom stereocenters. The van der Waals surface area contributed by atoms with Crippen LogP contribution in [0.15, 0.2) is 77.2 Å². The third-order valence-corrected chi connectivity index (χ3v) is 5.28. The van der Waals surface area contributed by atoms with E-state index in [1.807, 2.05) is 53.9 Å².